The molecule has 1 heterocycles. The lowest BCUT2D eigenvalue weighted by molar-refractivity contribution is 0.102. The smallest absolute Gasteiger partial charge is 0.259 e. The van der Waals surface area contributed by atoms with Gasteiger partial charge in [0.15, 0.2) is 9.84 Å². The largest absolute Gasteiger partial charge is 0.322 e. The fourth-order valence-corrected chi connectivity index (χ4v) is 3.81. The van der Waals surface area contributed by atoms with Crippen molar-refractivity contribution in [3.8, 4) is 16.9 Å². The molecule has 1 aromatic heterocycles. The predicted molar refractivity (Wildman–Crippen MR) is 121 cm³/mol. The summed E-state index contributed by atoms with van der Waals surface area (Å²) in [5.41, 5.74) is 3.69. The van der Waals surface area contributed by atoms with Crippen LogP contribution >= 0.6 is 0 Å². The maximum Gasteiger partial charge on any atom is 0.259 e. The van der Waals surface area contributed by atoms with Gasteiger partial charge in [-0.05, 0) is 55.5 Å². The first-order valence-corrected chi connectivity index (χ1v) is 11.6. The molecule has 32 heavy (non-hydrogen) atoms. The summed E-state index contributed by atoms with van der Waals surface area (Å²) >= 11 is 0. The molecule has 162 valence electrons. The minimum absolute atomic E-state index is 0.167. The van der Waals surface area contributed by atoms with Crippen LogP contribution in [-0.4, -0.2) is 30.4 Å². The number of anilines is 1. The molecule has 0 spiro atoms. The number of hydrogen-bond donors (Lipinski definition) is 1. The molecule has 6 nitrogen and oxygen atoms in total. The van der Waals surface area contributed by atoms with Crippen molar-refractivity contribution in [2.75, 3.05) is 11.6 Å². The van der Waals surface area contributed by atoms with Crippen LogP contribution in [0.5, 0.6) is 0 Å². The third kappa shape index (κ3) is 4.60. The predicted octanol–water partition coefficient (Wildman–Crippen LogP) is 4.64. The van der Waals surface area contributed by atoms with Crippen molar-refractivity contribution in [1.82, 2.24) is 9.78 Å². The molecule has 0 unspecified atom stereocenters. The van der Waals surface area contributed by atoms with Crippen LogP contribution < -0.4 is 5.32 Å². The van der Waals surface area contributed by atoms with E-state index in [1.807, 2.05) is 31.2 Å². The second-order valence-corrected chi connectivity index (χ2v) is 9.44. The molecule has 0 aliphatic carbocycles. The number of nitrogens with one attached hydrogen (secondary N) is 1. The quantitative estimate of drug-likeness (QED) is 0.481. The Balaban J connectivity index is 1.71. The summed E-state index contributed by atoms with van der Waals surface area (Å²) in [4.78, 5) is 13.3. The van der Waals surface area contributed by atoms with Crippen LogP contribution in [0.15, 0.2) is 83.9 Å². The molecule has 4 aromatic rings. The maximum atomic E-state index is 13.3. The number of aryl methyl sites for hydroxylation is 1. The van der Waals surface area contributed by atoms with Gasteiger partial charge in [0.25, 0.3) is 5.91 Å². The lowest BCUT2D eigenvalue weighted by Crippen LogP contribution is -2.12. The minimum atomic E-state index is -3.33. The van der Waals surface area contributed by atoms with Gasteiger partial charge in [-0.1, -0.05) is 29.8 Å². The first-order chi connectivity index (χ1) is 15.2. The zero-order valence-electron chi connectivity index (χ0n) is 17.4. The van der Waals surface area contributed by atoms with Gasteiger partial charge >= 0.3 is 0 Å². The summed E-state index contributed by atoms with van der Waals surface area (Å²) in [5.74, 6) is -0.767. The minimum Gasteiger partial charge on any atom is -0.322 e. The molecule has 0 aliphatic heterocycles. The van der Waals surface area contributed by atoms with E-state index in [4.69, 9.17) is 0 Å². The van der Waals surface area contributed by atoms with Crippen molar-refractivity contribution in [1.29, 1.82) is 0 Å². The van der Waals surface area contributed by atoms with Crippen LogP contribution in [0.25, 0.3) is 16.9 Å². The van der Waals surface area contributed by atoms with Gasteiger partial charge in [0, 0.05) is 23.7 Å². The van der Waals surface area contributed by atoms with Crippen molar-refractivity contribution >= 4 is 21.4 Å². The molecule has 0 fully saturated rings. The van der Waals surface area contributed by atoms with Crippen LogP contribution in [0.4, 0.5) is 10.1 Å². The number of rotatable bonds is 5. The summed E-state index contributed by atoms with van der Waals surface area (Å²) in [6.45, 7) is 1.97. The number of nitrogens with zero attached hydrogens (tertiary/aromatic N) is 2. The Labute approximate surface area is 185 Å². The van der Waals surface area contributed by atoms with Gasteiger partial charge in [0.1, 0.15) is 11.5 Å². The van der Waals surface area contributed by atoms with E-state index >= 15 is 0 Å². The number of carbonyl (C=O) groups is 1. The normalized spacial score (nSPS) is 11.3. The summed E-state index contributed by atoms with van der Waals surface area (Å²) in [6.07, 6.45) is 2.71. The molecule has 0 radical (unpaired) electrons. The number of sulfone groups is 1. The topological polar surface area (TPSA) is 81.1 Å². The molecular weight excluding hydrogens is 429 g/mol. The average Bonchev–Trinajstić information content (AvgIpc) is 3.20. The second-order valence-electron chi connectivity index (χ2n) is 7.43. The number of carbonyl (C=O) groups excluding carboxylic acids is 1. The van der Waals surface area contributed by atoms with Crippen molar-refractivity contribution < 1.29 is 17.6 Å². The van der Waals surface area contributed by atoms with E-state index in [1.165, 1.54) is 41.1 Å². The molecule has 0 aliphatic rings. The molecule has 0 saturated carbocycles. The fourth-order valence-electron chi connectivity index (χ4n) is 3.17. The summed E-state index contributed by atoms with van der Waals surface area (Å²) in [7, 11) is -3.33. The lowest BCUT2D eigenvalue weighted by atomic mass is 10.1. The maximum absolute atomic E-state index is 13.3. The third-order valence-corrected chi connectivity index (χ3v) is 6.04. The van der Waals surface area contributed by atoms with E-state index in [-0.39, 0.29) is 10.7 Å². The zero-order chi connectivity index (χ0) is 22.9. The summed E-state index contributed by atoms with van der Waals surface area (Å²) in [5, 5.41) is 7.36. The SMILES string of the molecule is Cc1ccc(-c2nn(-c3ccc(F)cc3)cc2C(=O)Nc2ccc(S(C)(=O)=O)cc2)cc1. The molecule has 1 N–H and O–H groups in total. The third-order valence-electron chi connectivity index (χ3n) is 4.92. The molecule has 0 atom stereocenters. The van der Waals surface area contributed by atoms with Crippen LogP contribution in [0, 0.1) is 12.7 Å². The van der Waals surface area contributed by atoms with Crippen molar-refractivity contribution in [2.45, 2.75) is 11.8 Å². The number of aromatic nitrogens is 2. The summed E-state index contributed by atoms with van der Waals surface area (Å²) in [6, 6.07) is 19.4. The van der Waals surface area contributed by atoms with E-state index < -0.39 is 15.7 Å². The van der Waals surface area contributed by atoms with Gasteiger partial charge in [0.2, 0.25) is 0 Å². The highest BCUT2D eigenvalue weighted by Crippen LogP contribution is 2.25. The monoisotopic (exact) mass is 449 g/mol. The zero-order valence-corrected chi connectivity index (χ0v) is 18.2. The van der Waals surface area contributed by atoms with Crippen LogP contribution in [0.3, 0.4) is 0 Å². The summed E-state index contributed by atoms with van der Waals surface area (Å²) < 4.78 is 38.2. The Morgan fingerprint density at radius 2 is 1.56 bits per heavy atom. The second kappa shape index (κ2) is 8.39. The fraction of sp³-hybridized carbons (Fsp3) is 0.0833. The highest BCUT2D eigenvalue weighted by Gasteiger charge is 2.19. The first kappa shape index (κ1) is 21.5. The van der Waals surface area contributed by atoms with E-state index in [2.05, 4.69) is 10.4 Å². The molecular formula is C24H20FN3O3S. The van der Waals surface area contributed by atoms with Gasteiger partial charge in [-0.3, -0.25) is 4.79 Å². The molecule has 3 aromatic carbocycles. The molecule has 1 amide bonds. The first-order valence-electron chi connectivity index (χ1n) is 9.75. The number of amides is 1. The van der Waals surface area contributed by atoms with E-state index in [9.17, 15) is 17.6 Å². The Morgan fingerprint density at radius 1 is 0.938 bits per heavy atom. The van der Waals surface area contributed by atoms with Gasteiger partial charge in [-0.2, -0.15) is 5.10 Å². The molecule has 0 saturated heterocycles. The number of hydrogen-bond acceptors (Lipinski definition) is 4. The van der Waals surface area contributed by atoms with Gasteiger partial charge in [-0.15, -0.1) is 0 Å². The van der Waals surface area contributed by atoms with Crippen LogP contribution in [-0.2, 0) is 9.84 Å². The van der Waals surface area contributed by atoms with Crippen LogP contribution in [0.2, 0.25) is 0 Å². The lowest BCUT2D eigenvalue weighted by Gasteiger charge is -2.06. The Morgan fingerprint density at radius 3 is 2.16 bits per heavy atom. The Bertz CT molecular complexity index is 1380. The van der Waals surface area contributed by atoms with Gasteiger partial charge < -0.3 is 5.32 Å². The highest BCUT2D eigenvalue weighted by molar-refractivity contribution is 7.90. The molecule has 4 rings (SSSR count). The van der Waals surface area contributed by atoms with Gasteiger partial charge in [0.05, 0.1) is 16.1 Å². The highest BCUT2D eigenvalue weighted by atomic mass is 32.2. The van der Waals surface area contributed by atoms with E-state index in [0.29, 0.717) is 22.6 Å². The number of benzene rings is 3. The molecule has 0 bridgehead atoms. The molecule has 8 heteroatoms. The average molecular weight is 450 g/mol. The van der Waals surface area contributed by atoms with Crippen molar-refractivity contribution in [2.24, 2.45) is 0 Å². The standard InChI is InChI=1S/C24H20FN3O3S/c1-16-3-5-17(6-4-16)23-22(15-28(27-23)20-11-7-18(25)8-12-20)24(29)26-19-9-13-21(14-10-19)32(2,30)31/h3-15H,1-2H3,(H,26,29). The van der Waals surface area contributed by atoms with E-state index in [1.54, 1.807) is 18.3 Å². The van der Waals surface area contributed by atoms with Crippen LogP contribution in [0.1, 0.15) is 15.9 Å². The van der Waals surface area contributed by atoms with E-state index in [0.717, 1.165) is 17.4 Å². The number of halogens is 1. The van der Waals surface area contributed by atoms with Crippen molar-refractivity contribution in [3.05, 3.63) is 95.9 Å². The van der Waals surface area contributed by atoms with Gasteiger partial charge in [-0.25, -0.2) is 17.5 Å². The van der Waals surface area contributed by atoms with Crippen molar-refractivity contribution in [3.63, 3.8) is 0 Å². The Hall–Kier alpha value is -3.78. The Kier molecular flexibility index (Phi) is 5.63.